The molecule has 0 saturated carbocycles. The van der Waals surface area contributed by atoms with E-state index < -0.39 is 5.97 Å². The molecule has 2 heterocycles. The molecular formula is C18H20N4O3S. The van der Waals surface area contributed by atoms with Gasteiger partial charge in [-0.05, 0) is 41.6 Å². The van der Waals surface area contributed by atoms with Gasteiger partial charge in [0.15, 0.2) is 6.61 Å². The zero-order valence-electron chi connectivity index (χ0n) is 15.1. The number of carbonyl (C=O) groups is 1. The summed E-state index contributed by atoms with van der Waals surface area (Å²) in [6, 6.07) is 7.94. The third-order valence-electron chi connectivity index (χ3n) is 3.88. The van der Waals surface area contributed by atoms with Crippen molar-refractivity contribution in [2.45, 2.75) is 39.7 Å². The van der Waals surface area contributed by atoms with Crippen molar-refractivity contribution in [1.29, 1.82) is 0 Å². The van der Waals surface area contributed by atoms with Crippen LogP contribution in [0.15, 0.2) is 28.7 Å². The molecule has 0 unspecified atom stereocenters. The number of hydrogen-bond donors (Lipinski definition) is 1. The van der Waals surface area contributed by atoms with Crippen LogP contribution in [0.5, 0.6) is 0 Å². The number of aromatic nitrogens is 3. The highest BCUT2D eigenvalue weighted by Gasteiger charge is 2.19. The van der Waals surface area contributed by atoms with Gasteiger partial charge in [0, 0.05) is 5.56 Å². The first kappa shape index (κ1) is 18.1. The van der Waals surface area contributed by atoms with Crippen LogP contribution in [0, 0.1) is 6.92 Å². The maximum atomic E-state index is 12.1. The Labute approximate surface area is 155 Å². The Morgan fingerprint density at radius 2 is 1.92 bits per heavy atom. The summed E-state index contributed by atoms with van der Waals surface area (Å²) in [5, 5.41) is 8.27. The lowest BCUT2D eigenvalue weighted by Crippen LogP contribution is -2.10. The molecule has 7 nitrogen and oxygen atoms in total. The molecule has 0 aliphatic carbocycles. The molecule has 26 heavy (non-hydrogen) atoms. The van der Waals surface area contributed by atoms with Gasteiger partial charge in [0.05, 0.1) is 5.69 Å². The average Bonchev–Trinajstić information content (AvgIpc) is 3.19. The first-order valence-corrected chi connectivity index (χ1v) is 8.85. The quantitative estimate of drug-likeness (QED) is 0.696. The van der Waals surface area contributed by atoms with Crippen LogP contribution in [-0.2, 0) is 16.8 Å². The van der Waals surface area contributed by atoms with E-state index in [0.29, 0.717) is 16.6 Å². The fraction of sp³-hybridized carbons (Fsp3) is 0.333. The third kappa shape index (κ3) is 3.75. The van der Waals surface area contributed by atoms with Crippen LogP contribution < -0.4 is 5.73 Å². The summed E-state index contributed by atoms with van der Waals surface area (Å²) in [4.78, 5) is 12.1. The molecule has 0 saturated heterocycles. The Balaban J connectivity index is 1.68. The molecule has 136 valence electrons. The Morgan fingerprint density at radius 1 is 1.23 bits per heavy atom. The van der Waals surface area contributed by atoms with Crippen molar-refractivity contribution < 1.29 is 13.9 Å². The van der Waals surface area contributed by atoms with Crippen LogP contribution in [0.1, 0.15) is 48.3 Å². The number of anilines is 1. The van der Waals surface area contributed by atoms with Crippen molar-refractivity contribution in [2.24, 2.45) is 0 Å². The number of rotatable bonds is 4. The van der Waals surface area contributed by atoms with E-state index >= 15 is 0 Å². The molecule has 0 aliphatic rings. The van der Waals surface area contributed by atoms with Crippen LogP contribution in [0.4, 0.5) is 5.00 Å². The van der Waals surface area contributed by atoms with Gasteiger partial charge in [-0.2, -0.15) is 4.37 Å². The van der Waals surface area contributed by atoms with E-state index in [2.05, 4.69) is 35.3 Å². The van der Waals surface area contributed by atoms with Gasteiger partial charge in [-0.1, -0.05) is 32.9 Å². The molecule has 2 N–H and O–H groups in total. The maximum Gasteiger partial charge on any atom is 0.343 e. The van der Waals surface area contributed by atoms with E-state index in [1.165, 1.54) is 5.56 Å². The Kier molecular flexibility index (Phi) is 4.78. The van der Waals surface area contributed by atoms with Gasteiger partial charge in [-0.15, -0.1) is 10.2 Å². The number of esters is 1. The van der Waals surface area contributed by atoms with E-state index in [1.54, 1.807) is 6.92 Å². The molecule has 3 rings (SSSR count). The van der Waals surface area contributed by atoms with Crippen molar-refractivity contribution in [3.05, 3.63) is 47.0 Å². The summed E-state index contributed by atoms with van der Waals surface area (Å²) < 4.78 is 14.8. The monoisotopic (exact) mass is 372 g/mol. The first-order chi connectivity index (χ1) is 12.3. The van der Waals surface area contributed by atoms with Gasteiger partial charge in [0.25, 0.3) is 5.89 Å². The van der Waals surface area contributed by atoms with Gasteiger partial charge in [0.2, 0.25) is 5.89 Å². The second-order valence-corrected chi connectivity index (χ2v) is 7.72. The molecule has 3 aromatic rings. The minimum atomic E-state index is -0.553. The summed E-state index contributed by atoms with van der Waals surface area (Å²) in [5.74, 6) is 0.0418. The standard InChI is InChI=1S/C18H20N4O3S/c1-10-14(15(19)26-22-10)17(23)24-9-13-20-21-16(25-13)11-5-7-12(8-6-11)18(2,3)4/h5-8H,9,19H2,1-4H3. The number of benzene rings is 1. The van der Waals surface area contributed by atoms with Gasteiger partial charge in [0.1, 0.15) is 10.6 Å². The van der Waals surface area contributed by atoms with Crippen LogP contribution in [0.3, 0.4) is 0 Å². The normalized spacial score (nSPS) is 11.5. The van der Waals surface area contributed by atoms with E-state index in [-0.39, 0.29) is 23.5 Å². The number of nitrogens with two attached hydrogens (primary N) is 1. The van der Waals surface area contributed by atoms with Crippen molar-refractivity contribution >= 4 is 22.5 Å². The van der Waals surface area contributed by atoms with Gasteiger partial charge >= 0.3 is 5.97 Å². The van der Waals surface area contributed by atoms with Crippen LogP contribution in [0.2, 0.25) is 0 Å². The van der Waals surface area contributed by atoms with E-state index in [1.807, 2.05) is 24.3 Å². The third-order valence-corrected chi connectivity index (χ3v) is 4.65. The summed E-state index contributed by atoms with van der Waals surface area (Å²) in [5.41, 5.74) is 8.66. The lowest BCUT2D eigenvalue weighted by atomic mass is 9.87. The summed E-state index contributed by atoms with van der Waals surface area (Å²) in [7, 11) is 0. The van der Waals surface area contributed by atoms with E-state index in [9.17, 15) is 4.79 Å². The summed E-state index contributed by atoms with van der Waals surface area (Å²) in [6.07, 6.45) is 0. The number of carbonyl (C=O) groups excluding carboxylic acids is 1. The molecule has 0 aliphatic heterocycles. The lowest BCUT2D eigenvalue weighted by Gasteiger charge is -2.18. The van der Waals surface area contributed by atoms with Crippen LogP contribution >= 0.6 is 11.5 Å². The first-order valence-electron chi connectivity index (χ1n) is 8.08. The van der Waals surface area contributed by atoms with Crippen molar-refractivity contribution in [1.82, 2.24) is 14.6 Å². The molecule has 0 spiro atoms. The molecule has 0 amide bonds. The van der Waals surface area contributed by atoms with Crippen LogP contribution in [-0.4, -0.2) is 20.5 Å². The predicted molar refractivity (Wildman–Crippen MR) is 98.8 cm³/mol. The topological polar surface area (TPSA) is 104 Å². The van der Waals surface area contributed by atoms with Crippen molar-refractivity contribution in [3.8, 4) is 11.5 Å². The Morgan fingerprint density at radius 3 is 2.50 bits per heavy atom. The highest BCUT2D eigenvalue weighted by atomic mass is 32.1. The number of nitrogen functional groups attached to an aromatic ring is 1. The lowest BCUT2D eigenvalue weighted by molar-refractivity contribution is 0.0439. The fourth-order valence-electron chi connectivity index (χ4n) is 2.38. The highest BCUT2D eigenvalue weighted by Crippen LogP contribution is 2.26. The minimum Gasteiger partial charge on any atom is -0.452 e. The molecule has 0 radical (unpaired) electrons. The zero-order valence-corrected chi connectivity index (χ0v) is 15.9. The molecule has 0 bridgehead atoms. The molecule has 2 aromatic heterocycles. The fourth-order valence-corrected chi connectivity index (χ4v) is 3.03. The summed E-state index contributed by atoms with van der Waals surface area (Å²) >= 11 is 1.06. The second-order valence-electron chi connectivity index (χ2n) is 6.91. The molecule has 0 fully saturated rings. The number of nitrogens with zero attached hydrogens (tertiary/aromatic N) is 3. The van der Waals surface area contributed by atoms with Gasteiger partial charge in [-0.3, -0.25) is 0 Å². The van der Waals surface area contributed by atoms with E-state index in [0.717, 1.165) is 17.1 Å². The Hall–Kier alpha value is -2.74. The van der Waals surface area contributed by atoms with Gasteiger partial charge < -0.3 is 14.9 Å². The van der Waals surface area contributed by atoms with Crippen LogP contribution in [0.25, 0.3) is 11.5 Å². The summed E-state index contributed by atoms with van der Waals surface area (Å²) in [6.45, 7) is 8.03. The molecule has 1 aromatic carbocycles. The smallest absolute Gasteiger partial charge is 0.343 e. The number of ether oxygens (including phenoxy) is 1. The second kappa shape index (κ2) is 6.87. The minimum absolute atomic E-state index is 0.0726. The SMILES string of the molecule is Cc1nsc(N)c1C(=O)OCc1nnc(-c2ccc(C(C)(C)C)cc2)o1. The highest BCUT2D eigenvalue weighted by molar-refractivity contribution is 7.10. The predicted octanol–water partition coefficient (Wildman–Crippen LogP) is 3.74. The zero-order chi connectivity index (χ0) is 18.9. The van der Waals surface area contributed by atoms with Gasteiger partial charge in [-0.25, -0.2) is 4.79 Å². The number of aryl methyl sites for hydroxylation is 1. The van der Waals surface area contributed by atoms with Crippen molar-refractivity contribution in [2.75, 3.05) is 5.73 Å². The number of hydrogen-bond acceptors (Lipinski definition) is 8. The molecule has 0 atom stereocenters. The van der Waals surface area contributed by atoms with E-state index in [4.69, 9.17) is 14.9 Å². The maximum absolute atomic E-state index is 12.1. The molecule has 8 heteroatoms. The largest absolute Gasteiger partial charge is 0.452 e. The van der Waals surface area contributed by atoms with Crippen molar-refractivity contribution in [3.63, 3.8) is 0 Å². The average molecular weight is 372 g/mol. The molecular weight excluding hydrogens is 352 g/mol. The Bertz CT molecular complexity index is 903.